The fourth-order valence-corrected chi connectivity index (χ4v) is 4.90. The van der Waals surface area contributed by atoms with Gasteiger partial charge < -0.3 is 19.5 Å². The highest BCUT2D eigenvalue weighted by Gasteiger charge is 2.23. The second-order valence-electron chi connectivity index (χ2n) is 9.16. The molecule has 12 heteroatoms. The maximum atomic E-state index is 12.9. The largest absolute Gasteiger partial charge is 0.411 e. The van der Waals surface area contributed by atoms with Crippen LogP contribution in [0.3, 0.4) is 0 Å². The van der Waals surface area contributed by atoms with Gasteiger partial charge in [0, 0.05) is 60.8 Å². The monoisotopic (exact) mass is 558 g/mol. The minimum absolute atomic E-state index is 0.0319. The van der Waals surface area contributed by atoms with E-state index >= 15 is 0 Å². The number of hydrogen-bond donors (Lipinski definition) is 1. The highest BCUT2D eigenvalue weighted by molar-refractivity contribution is 7.99. The first kappa shape index (κ1) is 26.9. The summed E-state index contributed by atoms with van der Waals surface area (Å²) >= 11 is 1.10. The number of carbonyl (C=O) groups excluding carboxylic acids is 2. The van der Waals surface area contributed by atoms with E-state index in [0.29, 0.717) is 24.3 Å². The number of nitro benzene ring substituents is 1. The molecule has 1 saturated heterocycles. The summed E-state index contributed by atoms with van der Waals surface area (Å²) in [5.74, 6) is 0.127. The van der Waals surface area contributed by atoms with Crippen molar-refractivity contribution in [2.45, 2.75) is 12.1 Å². The fraction of sp³-hybridized carbons (Fsp3) is 0.214. The molecule has 5 rings (SSSR count). The second kappa shape index (κ2) is 12.0. The third-order valence-electron chi connectivity index (χ3n) is 6.52. The highest BCUT2D eigenvalue weighted by atomic mass is 32.2. The lowest BCUT2D eigenvalue weighted by molar-refractivity contribution is -0.384. The van der Waals surface area contributed by atoms with Gasteiger partial charge in [-0.25, -0.2) is 0 Å². The first-order valence-corrected chi connectivity index (χ1v) is 13.6. The average molecular weight is 559 g/mol. The smallest absolute Gasteiger partial charge is 0.277 e. The van der Waals surface area contributed by atoms with E-state index in [1.54, 1.807) is 0 Å². The predicted molar refractivity (Wildman–Crippen MR) is 151 cm³/mol. The van der Waals surface area contributed by atoms with Gasteiger partial charge in [0.05, 0.1) is 10.7 Å². The normalized spacial score (nSPS) is 13.2. The zero-order chi connectivity index (χ0) is 28.1. The van der Waals surface area contributed by atoms with Crippen LogP contribution in [0.2, 0.25) is 0 Å². The molecule has 2 heterocycles. The Balaban J connectivity index is 1.09. The van der Waals surface area contributed by atoms with Gasteiger partial charge in [0.25, 0.3) is 16.8 Å². The molecule has 0 bridgehead atoms. The van der Waals surface area contributed by atoms with Gasteiger partial charge in [-0.3, -0.25) is 19.7 Å². The molecule has 3 aromatic carbocycles. The quantitative estimate of drug-likeness (QED) is 0.186. The van der Waals surface area contributed by atoms with Gasteiger partial charge in [0.15, 0.2) is 0 Å². The van der Waals surface area contributed by atoms with Crippen molar-refractivity contribution in [3.8, 4) is 11.5 Å². The van der Waals surface area contributed by atoms with Crippen LogP contribution in [0, 0.1) is 17.0 Å². The summed E-state index contributed by atoms with van der Waals surface area (Å²) in [7, 11) is 0. The van der Waals surface area contributed by atoms with Gasteiger partial charge in [-0.1, -0.05) is 30.0 Å². The van der Waals surface area contributed by atoms with Gasteiger partial charge >= 0.3 is 0 Å². The third-order valence-corrected chi connectivity index (χ3v) is 7.34. The van der Waals surface area contributed by atoms with Gasteiger partial charge in [0.1, 0.15) is 0 Å². The number of rotatable bonds is 8. The number of benzene rings is 3. The summed E-state index contributed by atoms with van der Waals surface area (Å²) in [5, 5.41) is 21.8. The molecule has 0 unspecified atom stereocenters. The molecule has 1 fully saturated rings. The van der Waals surface area contributed by atoms with E-state index in [9.17, 15) is 19.7 Å². The summed E-state index contributed by atoms with van der Waals surface area (Å²) in [6.45, 7) is 4.70. The molecule has 1 aliphatic heterocycles. The lowest BCUT2D eigenvalue weighted by atomic mass is 10.1. The number of carbonyl (C=O) groups is 2. The molecule has 204 valence electrons. The third kappa shape index (κ3) is 6.29. The highest BCUT2D eigenvalue weighted by Crippen LogP contribution is 2.25. The number of thioether (sulfide) groups is 1. The maximum Gasteiger partial charge on any atom is 0.277 e. The van der Waals surface area contributed by atoms with Crippen molar-refractivity contribution in [2.24, 2.45) is 0 Å². The van der Waals surface area contributed by atoms with Gasteiger partial charge in [-0.2, -0.15) is 0 Å². The zero-order valence-electron chi connectivity index (χ0n) is 21.6. The number of amides is 2. The Kier molecular flexibility index (Phi) is 8.06. The molecule has 2 amide bonds. The summed E-state index contributed by atoms with van der Waals surface area (Å²) < 4.78 is 5.57. The molecule has 0 aliphatic carbocycles. The number of aryl methyl sites for hydroxylation is 1. The predicted octanol–water partition coefficient (Wildman–Crippen LogP) is 4.65. The van der Waals surface area contributed by atoms with Gasteiger partial charge in [-0.15, -0.1) is 10.2 Å². The number of piperazine rings is 1. The van der Waals surface area contributed by atoms with Crippen LogP contribution in [0.25, 0.3) is 11.5 Å². The Hall–Kier alpha value is -4.71. The van der Waals surface area contributed by atoms with Crippen LogP contribution in [0.4, 0.5) is 17.1 Å². The first-order chi connectivity index (χ1) is 19.4. The molecule has 0 atom stereocenters. The molecule has 1 aromatic heterocycles. The van der Waals surface area contributed by atoms with Crippen molar-refractivity contribution in [1.82, 2.24) is 15.1 Å². The molecule has 11 nitrogen and oxygen atoms in total. The Morgan fingerprint density at radius 1 is 0.975 bits per heavy atom. The van der Waals surface area contributed by atoms with Crippen molar-refractivity contribution in [3.05, 3.63) is 94.0 Å². The Morgan fingerprint density at radius 2 is 1.68 bits per heavy atom. The molecular formula is C28H26N6O5S. The van der Waals surface area contributed by atoms with Crippen molar-refractivity contribution < 1.29 is 18.9 Å². The fourth-order valence-electron chi connectivity index (χ4n) is 4.34. The van der Waals surface area contributed by atoms with Crippen molar-refractivity contribution in [2.75, 3.05) is 42.1 Å². The topological polar surface area (TPSA) is 135 Å². The van der Waals surface area contributed by atoms with Crippen LogP contribution in [0.1, 0.15) is 15.9 Å². The Labute approximate surface area is 234 Å². The summed E-state index contributed by atoms with van der Waals surface area (Å²) in [6.07, 6.45) is 0. The lowest BCUT2D eigenvalue weighted by Crippen LogP contribution is -2.48. The van der Waals surface area contributed by atoms with E-state index in [2.05, 4.69) is 20.4 Å². The second-order valence-corrected chi connectivity index (χ2v) is 10.1. The number of hydrogen-bond acceptors (Lipinski definition) is 9. The average Bonchev–Trinajstić information content (AvgIpc) is 3.46. The molecule has 40 heavy (non-hydrogen) atoms. The number of anilines is 2. The number of nitrogens with one attached hydrogen (secondary N) is 1. The van der Waals surface area contributed by atoms with E-state index in [1.165, 1.54) is 24.3 Å². The Morgan fingerprint density at radius 3 is 2.35 bits per heavy atom. The minimum Gasteiger partial charge on any atom is -0.411 e. The number of nitro groups is 1. The number of aromatic nitrogens is 2. The van der Waals surface area contributed by atoms with Crippen molar-refractivity contribution in [1.29, 1.82) is 0 Å². The standard InChI is InChI=1S/C28H26N6O5S/c1-19-4-2-3-5-24(19)27(36)33-16-14-32(15-17-33)22-12-8-21(9-13-22)29-25(35)18-40-28-31-30-26(39-28)20-6-10-23(11-7-20)34(37)38/h2-13H,14-18H2,1H3,(H,29,35). The van der Waals surface area contributed by atoms with Gasteiger partial charge in [0.2, 0.25) is 11.8 Å². The van der Waals surface area contributed by atoms with E-state index in [0.717, 1.165) is 41.7 Å². The van der Waals surface area contributed by atoms with Crippen LogP contribution in [-0.4, -0.2) is 63.8 Å². The molecule has 0 radical (unpaired) electrons. The Bertz CT molecular complexity index is 1510. The molecule has 1 N–H and O–H groups in total. The van der Waals surface area contributed by atoms with Crippen molar-refractivity contribution in [3.63, 3.8) is 0 Å². The molecule has 0 spiro atoms. The maximum absolute atomic E-state index is 12.9. The SMILES string of the molecule is Cc1ccccc1C(=O)N1CCN(c2ccc(NC(=O)CSc3nnc(-c4ccc([N+](=O)[O-])cc4)o3)cc2)CC1. The van der Waals surface area contributed by atoms with E-state index in [4.69, 9.17) is 4.42 Å². The van der Waals surface area contributed by atoms with Crippen LogP contribution in [0.5, 0.6) is 0 Å². The van der Waals surface area contributed by atoms with Crippen LogP contribution >= 0.6 is 11.8 Å². The number of nitrogens with zero attached hydrogens (tertiary/aromatic N) is 5. The van der Waals surface area contributed by atoms with Crippen molar-refractivity contribution >= 4 is 40.6 Å². The van der Waals surface area contributed by atoms with E-state index in [1.807, 2.05) is 60.4 Å². The van der Waals surface area contributed by atoms with Crippen LogP contribution < -0.4 is 10.2 Å². The molecule has 1 aliphatic rings. The molecular weight excluding hydrogens is 532 g/mol. The molecule has 0 saturated carbocycles. The zero-order valence-corrected chi connectivity index (χ0v) is 22.5. The summed E-state index contributed by atoms with van der Waals surface area (Å²) in [4.78, 5) is 39.8. The number of non-ortho nitro benzene ring substituents is 1. The molecule has 4 aromatic rings. The van der Waals surface area contributed by atoms with E-state index < -0.39 is 4.92 Å². The van der Waals surface area contributed by atoms with Crippen LogP contribution in [-0.2, 0) is 4.79 Å². The van der Waals surface area contributed by atoms with Gasteiger partial charge in [-0.05, 0) is 55.0 Å². The van der Waals surface area contributed by atoms with Crippen LogP contribution in [0.15, 0.2) is 82.4 Å². The summed E-state index contributed by atoms with van der Waals surface area (Å²) in [5.41, 5.74) is 3.94. The first-order valence-electron chi connectivity index (χ1n) is 12.6. The minimum atomic E-state index is -0.483. The van der Waals surface area contributed by atoms with E-state index in [-0.39, 0.29) is 34.4 Å². The summed E-state index contributed by atoms with van der Waals surface area (Å²) in [6, 6.07) is 21.0. The lowest BCUT2D eigenvalue weighted by Gasteiger charge is -2.36.